The molecule has 3 aromatic rings. The van der Waals surface area contributed by atoms with Gasteiger partial charge in [0.05, 0.1) is 17.1 Å². The van der Waals surface area contributed by atoms with Crippen molar-refractivity contribution in [2.45, 2.75) is 19.8 Å². The second-order valence-electron chi connectivity index (χ2n) is 6.05. The first-order chi connectivity index (χ1) is 12.1. The fourth-order valence-corrected chi connectivity index (χ4v) is 2.81. The summed E-state index contributed by atoms with van der Waals surface area (Å²) in [5, 5.41) is 4.79. The molecule has 3 nitrogen and oxygen atoms in total. The molecule has 0 bridgehead atoms. The second-order valence-corrected chi connectivity index (χ2v) is 6.05. The van der Waals surface area contributed by atoms with Crippen molar-refractivity contribution >= 4 is 12.4 Å². The predicted molar refractivity (Wildman–Crippen MR) is 98.1 cm³/mol. The zero-order valence-electron chi connectivity index (χ0n) is 14.2. The maximum Gasteiger partial charge on any atom is 0.142 e. The highest BCUT2D eigenvalue weighted by Gasteiger charge is 2.20. The van der Waals surface area contributed by atoms with Crippen molar-refractivity contribution in [3.8, 4) is 16.9 Å². The molecule has 0 spiro atoms. The van der Waals surface area contributed by atoms with Crippen molar-refractivity contribution in [2.75, 3.05) is 0 Å². The first kappa shape index (κ1) is 16.8. The van der Waals surface area contributed by atoms with Crippen LogP contribution < -0.4 is 0 Å². The van der Waals surface area contributed by atoms with Crippen molar-refractivity contribution in [1.29, 1.82) is 0 Å². The van der Waals surface area contributed by atoms with Gasteiger partial charge in [0.25, 0.3) is 0 Å². The van der Waals surface area contributed by atoms with Crippen LogP contribution in [-0.2, 0) is 4.79 Å². The van der Waals surface area contributed by atoms with E-state index in [9.17, 15) is 9.18 Å². The van der Waals surface area contributed by atoms with E-state index in [2.05, 4.69) is 13.8 Å². The van der Waals surface area contributed by atoms with Gasteiger partial charge in [0, 0.05) is 11.1 Å². The zero-order chi connectivity index (χ0) is 17.8. The average molecular weight is 334 g/mol. The summed E-state index contributed by atoms with van der Waals surface area (Å²) in [6.07, 6.45) is 3.98. The van der Waals surface area contributed by atoms with Gasteiger partial charge in [0.15, 0.2) is 0 Å². The first-order valence-corrected chi connectivity index (χ1v) is 8.18. The van der Waals surface area contributed by atoms with E-state index in [0.29, 0.717) is 0 Å². The molecule has 0 amide bonds. The Hall–Kier alpha value is -3.01. The van der Waals surface area contributed by atoms with E-state index < -0.39 is 0 Å². The van der Waals surface area contributed by atoms with Crippen LogP contribution in [0.3, 0.4) is 0 Å². The highest BCUT2D eigenvalue weighted by molar-refractivity contribution is 5.81. The lowest BCUT2D eigenvalue weighted by Gasteiger charge is -2.09. The molecule has 0 saturated heterocycles. The highest BCUT2D eigenvalue weighted by Crippen LogP contribution is 2.33. The van der Waals surface area contributed by atoms with Crippen LogP contribution in [0.1, 0.15) is 31.0 Å². The normalized spacial score (nSPS) is 11.4. The molecular weight excluding hydrogens is 315 g/mol. The number of aromatic nitrogens is 2. The number of nitrogens with zero attached hydrogens (tertiary/aromatic N) is 2. The molecule has 0 aliphatic rings. The molecular formula is C21H19FN2O. The topological polar surface area (TPSA) is 34.9 Å². The van der Waals surface area contributed by atoms with E-state index >= 15 is 0 Å². The number of benzene rings is 2. The lowest BCUT2D eigenvalue weighted by molar-refractivity contribution is -0.104. The summed E-state index contributed by atoms with van der Waals surface area (Å²) in [5.41, 5.74) is 4.36. The third kappa shape index (κ3) is 3.43. The zero-order valence-corrected chi connectivity index (χ0v) is 14.2. The molecule has 0 aliphatic carbocycles. The molecule has 0 aliphatic heterocycles. The minimum Gasteiger partial charge on any atom is -0.299 e. The molecule has 0 fully saturated rings. The second kappa shape index (κ2) is 7.26. The monoisotopic (exact) mass is 334 g/mol. The number of rotatable bonds is 5. The van der Waals surface area contributed by atoms with Crippen LogP contribution in [0.2, 0.25) is 0 Å². The fourth-order valence-electron chi connectivity index (χ4n) is 2.81. The molecule has 25 heavy (non-hydrogen) atoms. The van der Waals surface area contributed by atoms with E-state index in [1.807, 2.05) is 35.0 Å². The maximum atomic E-state index is 13.4. The van der Waals surface area contributed by atoms with Crippen LogP contribution in [0.15, 0.2) is 60.7 Å². The van der Waals surface area contributed by atoms with Gasteiger partial charge in [-0.1, -0.05) is 32.0 Å². The summed E-state index contributed by atoms with van der Waals surface area (Å²) in [6.45, 7) is 4.12. The van der Waals surface area contributed by atoms with Gasteiger partial charge in [-0.3, -0.25) is 4.79 Å². The first-order valence-electron chi connectivity index (χ1n) is 8.18. The Kier molecular flexibility index (Phi) is 4.89. The van der Waals surface area contributed by atoms with Crippen molar-refractivity contribution in [3.05, 3.63) is 77.7 Å². The van der Waals surface area contributed by atoms with Crippen LogP contribution in [0.5, 0.6) is 0 Å². The van der Waals surface area contributed by atoms with Gasteiger partial charge in [0.2, 0.25) is 0 Å². The van der Waals surface area contributed by atoms with E-state index in [0.717, 1.165) is 34.5 Å². The van der Waals surface area contributed by atoms with Gasteiger partial charge in [-0.25, -0.2) is 9.07 Å². The molecule has 3 rings (SSSR count). The molecule has 126 valence electrons. The third-order valence-electron chi connectivity index (χ3n) is 3.96. The van der Waals surface area contributed by atoms with Crippen LogP contribution in [0.25, 0.3) is 23.0 Å². The third-order valence-corrected chi connectivity index (χ3v) is 3.96. The van der Waals surface area contributed by atoms with Crippen molar-refractivity contribution in [2.24, 2.45) is 0 Å². The Morgan fingerprint density at radius 3 is 2.32 bits per heavy atom. The summed E-state index contributed by atoms with van der Waals surface area (Å²) in [5.74, 6) is -0.112. The molecule has 4 heteroatoms. The van der Waals surface area contributed by atoms with Gasteiger partial charge in [0.1, 0.15) is 12.1 Å². The van der Waals surface area contributed by atoms with E-state index in [1.165, 1.54) is 18.2 Å². The summed E-state index contributed by atoms with van der Waals surface area (Å²) in [7, 11) is 0. The van der Waals surface area contributed by atoms with Crippen LogP contribution in [0.4, 0.5) is 4.39 Å². The Bertz CT molecular complexity index is 894. The fraction of sp³-hybridized carbons (Fsp3) is 0.143. The Morgan fingerprint density at radius 2 is 1.72 bits per heavy atom. The van der Waals surface area contributed by atoms with Crippen molar-refractivity contribution < 1.29 is 9.18 Å². The lowest BCUT2D eigenvalue weighted by atomic mass is 9.99. The predicted octanol–water partition coefficient (Wildman–Crippen LogP) is 5.01. The van der Waals surface area contributed by atoms with Crippen molar-refractivity contribution in [1.82, 2.24) is 9.78 Å². The number of aldehydes is 1. The minimum atomic E-state index is -0.288. The van der Waals surface area contributed by atoms with E-state index in [1.54, 1.807) is 18.2 Å². The van der Waals surface area contributed by atoms with Crippen LogP contribution in [-0.4, -0.2) is 16.1 Å². The standard InChI is InChI=1S/C21H19FN2O/c1-15(2)20-19(9-6-14-25)21(16-10-12-17(22)13-11-16)24(23-20)18-7-4-3-5-8-18/h3-15H,1-2H3/b9-6+. The number of carbonyl (C=O) groups is 1. The average Bonchev–Trinajstić information content (AvgIpc) is 3.01. The van der Waals surface area contributed by atoms with Gasteiger partial charge >= 0.3 is 0 Å². The Morgan fingerprint density at radius 1 is 1.04 bits per heavy atom. The number of para-hydroxylation sites is 1. The molecule has 2 aromatic carbocycles. The Labute approximate surface area is 146 Å². The molecule has 0 N–H and O–H groups in total. The lowest BCUT2D eigenvalue weighted by Crippen LogP contribution is -2.00. The SMILES string of the molecule is CC(C)c1nn(-c2ccccc2)c(-c2ccc(F)cc2)c1/C=C/C=O. The van der Waals surface area contributed by atoms with Gasteiger partial charge in [-0.15, -0.1) is 0 Å². The quantitative estimate of drug-likeness (QED) is 0.485. The highest BCUT2D eigenvalue weighted by atomic mass is 19.1. The number of hydrogen-bond acceptors (Lipinski definition) is 2. The van der Waals surface area contributed by atoms with E-state index in [4.69, 9.17) is 5.10 Å². The molecule has 1 heterocycles. The van der Waals surface area contributed by atoms with Gasteiger partial charge in [-0.2, -0.15) is 5.10 Å². The number of allylic oxidation sites excluding steroid dienone is 1. The summed E-state index contributed by atoms with van der Waals surface area (Å²) < 4.78 is 15.2. The Balaban J connectivity index is 2.32. The van der Waals surface area contributed by atoms with Crippen LogP contribution >= 0.6 is 0 Å². The number of hydrogen-bond donors (Lipinski definition) is 0. The van der Waals surface area contributed by atoms with Gasteiger partial charge < -0.3 is 0 Å². The van der Waals surface area contributed by atoms with Crippen LogP contribution in [0, 0.1) is 5.82 Å². The molecule has 0 unspecified atom stereocenters. The smallest absolute Gasteiger partial charge is 0.142 e. The van der Waals surface area contributed by atoms with Crippen molar-refractivity contribution in [3.63, 3.8) is 0 Å². The largest absolute Gasteiger partial charge is 0.299 e. The van der Waals surface area contributed by atoms with E-state index in [-0.39, 0.29) is 11.7 Å². The maximum absolute atomic E-state index is 13.4. The molecule has 1 aromatic heterocycles. The summed E-state index contributed by atoms with van der Waals surface area (Å²) in [6, 6.07) is 16.1. The minimum absolute atomic E-state index is 0.176. The molecule has 0 saturated carbocycles. The number of carbonyl (C=O) groups excluding carboxylic acids is 1. The molecule has 0 atom stereocenters. The summed E-state index contributed by atoms with van der Waals surface area (Å²) in [4.78, 5) is 10.9. The molecule has 0 radical (unpaired) electrons. The number of halogens is 1. The van der Waals surface area contributed by atoms with Gasteiger partial charge in [-0.05, 0) is 54.5 Å². The summed E-state index contributed by atoms with van der Waals surface area (Å²) >= 11 is 0.